The lowest BCUT2D eigenvalue weighted by Gasteiger charge is -2.34. The van der Waals surface area contributed by atoms with Crippen molar-refractivity contribution < 1.29 is 0 Å². The summed E-state index contributed by atoms with van der Waals surface area (Å²) >= 11 is 9.62. The highest BCUT2D eigenvalue weighted by atomic mass is 79.9. The predicted molar refractivity (Wildman–Crippen MR) is 83.6 cm³/mol. The number of halogens is 2. The molecular formula is C14H16BrClN4. The van der Waals surface area contributed by atoms with E-state index in [2.05, 4.69) is 36.4 Å². The predicted octanol–water partition coefficient (Wildman–Crippen LogP) is 2.81. The van der Waals surface area contributed by atoms with Crippen LogP contribution in [0.4, 0.5) is 0 Å². The molecule has 0 amide bonds. The first-order chi connectivity index (χ1) is 9.69. The third-order valence-corrected chi connectivity index (χ3v) is 5.00. The summed E-state index contributed by atoms with van der Waals surface area (Å²) in [7, 11) is 0. The lowest BCUT2D eigenvalue weighted by molar-refractivity contribution is 0.156. The van der Waals surface area contributed by atoms with E-state index in [4.69, 9.17) is 17.3 Å². The van der Waals surface area contributed by atoms with Crippen molar-refractivity contribution in [3.63, 3.8) is 0 Å². The number of benzene rings is 1. The Labute approximate surface area is 131 Å². The van der Waals surface area contributed by atoms with Crippen LogP contribution in [0.25, 0.3) is 0 Å². The van der Waals surface area contributed by atoms with E-state index in [0.29, 0.717) is 6.54 Å². The summed E-state index contributed by atoms with van der Waals surface area (Å²) in [5.41, 5.74) is 7.15. The number of nitrogens with zero attached hydrogens (tertiary/aromatic N) is 3. The van der Waals surface area contributed by atoms with E-state index >= 15 is 0 Å². The van der Waals surface area contributed by atoms with Crippen molar-refractivity contribution in [1.82, 2.24) is 14.5 Å². The summed E-state index contributed by atoms with van der Waals surface area (Å²) < 4.78 is 3.10. The largest absolute Gasteiger partial charge is 0.333 e. The van der Waals surface area contributed by atoms with Gasteiger partial charge in [-0.1, -0.05) is 17.7 Å². The van der Waals surface area contributed by atoms with E-state index in [-0.39, 0.29) is 6.04 Å². The molecule has 3 rings (SSSR count). The number of imidazole rings is 1. The number of rotatable bonds is 3. The Kier molecular flexibility index (Phi) is 4.12. The van der Waals surface area contributed by atoms with Crippen molar-refractivity contribution in [2.24, 2.45) is 5.73 Å². The van der Waals surface area contributed by atoms with Crippen molar-refractivity contribution in [2.75, 3.05) is 13.1 Å². The molecule has 2 N–H and O–H groups in total. The summed E-state index contributed by atoms with van der Waals surface area (Å²) in [6, 6.07) is 6.22. The van der Waals surface area contributed by atoms with Gasteiger partial charge in [0.25, 0.3) is 0 Å². The Morgan fingerprint density at radius 1 is 1.40 bits per heavy atom. The van der Waals surface area contributed by atoms with E-state index in [1.54, 1.807) is 0 Å². The van der Waals surface area contributed by atoms with Crippen LogP contribution in [0.15, 0.2) is 35.1 Å². The monoisotopic (exact) mass is 354 g/mol. The molecule has 0 radical (unpaired) electrons. The van der Waals surface area contributed by atoms with E-state index in [1.165, 1.54) is 0 Å². The van der Waals surface area contributed by atoms with Gasteiger partial charge in [-0.05, 0) is 33.6 Å². The number of hydrogen-bond acceptors (Lipinski definition) is 3. The molecule has 0 bridgehead atoms. The molecule has 1 aliphatic rings. The quantitative estimate of drug-likeness (QED) is 0.921. The molecule has 0 fully saturated rings. The first-order valence-electron chi connectivity index (χ1n) is 6.58. The second-order valence-electron chi connectivity index (χ2n) is 4.93. The van der Waals surface area contributed by atoms with Gasteiger partial charge in [-0.3, -0.25) is 4.90 Å². The van der Waals surface area contributed by atoms with Crippen molar-refractivity contribution in [3.8, 4) is 0 Å². The standard InChI is InChI=1S/C14H16BrClN4/c15-11-2-1-10(7-12(11)16)13(8-17)20-6-5-19-4-3-18-14(19)9-20/h1-4,7,13H,5-6,8-9,17H2. The summed E-state index contributed by atoms with van der Waals surface area (Å²) in [5, 5.41) is 0.722. The number of fused-ring (bicyclic) bond motifs is 1. The van der Waals surface area contributed by atoms with Gasteiger partial charge in [-0.25, -0.2) is 4.98 Å². The van der Waals surface area contributed by atoms with Gasteiger partial charge in [0.2, 0.25) is 0 Å². The second kappa shape index (κ2) is 5.85. The number of hydrogen-bond donors (Lipinski definition) is 1. The molecule has 6 heteroatoms. The van der Waals surface area contributed by atoms with Crippen LogP contribution in [0.3, 0.4) is 0 Å². The lowest BCUT2D eigenvalue weighted by Crippen LogP contribution is -2.39. The molecule has 1 aromatic heterocycles. The minimum absolute atomic E-state index is 0.172. The molecule has 1 aromatic carbocycles. The van der Waals surface area contributed by atoms with E-state index < -0.39 is 0 Å². The van der Waals surface area contributed by atoms with Crippen LogP contribution in [0.1, 0.15) is 17.4 Å². The Balaban J connectivity index is 1.85. The van der Waals surface area contributed by atoms with Gasteiger partial charge >= 0.3 is 0 Å². The molecule has 2 aromatic rings. The van der Waals surface area contributed by atoms with Gasteiger partial charge in [-0.15, -0.1) is 0 Å². The number of aromatic nitrogens is 2. The van der Waals surface area contributed by atoms with Crippen LogP contribution in [-0.4, -0.2) is 27.5 Å². The Bertz CT molecular complexity index is 613. The highest BCUT2D eigenvalue weighted by Crippen LogP contribution is 2.29. The maximum Gasteiger partial charge on any atom is 0.122 e. The second-order valence-corrected chi connectivity index (χ2v) is 6.19. The fraction of sp³-hybridized carbons (Fsp3) is 0.357. The zero-order valence-electron chi connectivity index (χ0n) is 11.0. The zero-order valence-corrected chi connectivity index (χ0v) is 13.3. The normalized spacial score (nSPS) is 16.9. The summed E-state index contributed by atoms with van der Waals surface area (Å²) in [6.07, 6.45) is 3.88. The van der Waals surface area contributed by atoms with E-state index in [0.717, 1.165) is 40.5 Å². The third-order valence-electron chi connectivity index (χ3n) is 3.77. The van der Waals surface area contributed by atoms with Gasteiger partial charge in [-0.2, -0.15) is 0 Å². The maximum atomic E-state index is 6.19. The van der Waals surface area contributed by atoms with Crippen molar-refractivity contribution >= 4 is 27.5 Å². The van der Waals surface area contributed by atoms with E-state index in [1.807, 2.05) is 24.5 Å². The Morgan fingerprint density at radius 2 is 2.25 bits per heavy atom. The highest BCUT2D eigenvalue weighted by Gasteiger charge is 2.24. The van der Waals surface area contributed by atoms with Crippen LogP contribution in [-0.2, 0) is 13.1 Å². The van der Waals surface area contributed by atoms with Crippen LogP contribution in [0, 0.1) is 0 Å². The first kappa shape index (κ1) is 14.1. The van der Waals surface area contributed by atoms with Crippen molar-refractivity contribution in [1.29, 1.82) is 0 Å². The van der Waals surface area contributed by atoms with Gasteiger partial charge in [0, 0.05) is 42.5 Å². The molecule has 1 aliphatic heterocycles. The van der Waals surface area contributed by atoms with E-state index in [9.17, 15) is 0 Å². The van der Waals surface area contributed by atoms with Crippen LogP contribution >= 0.6 is 27.5 Å². The minimum atomic E-state index is 0.172. The van der Waals surface area contributed by atoms with Crippen LogP contribution in [0.5, 0.6) is 0 Å². The molecule has 1 unspecified atom stereocenters. The first-order valence-corrected chi connectivity index (χ1v) is 7.75. The van der Waals surface area contributed by atoms with Crippen molar-refractivity contribution in [3.05, 3.63) is 51.5 Å². The lowest BCUT2D eigenvalue weighted by atomic mass is 10.0. The van der Waals surface area contributed by atoms with Crippen LogP contribution in [0.2, 0.25) is 5.02 Å². The molecule has 0 spiro atoms. The molecule has 0 saturated heterocycles. The van der Waals surface area contributed by atoms with Crippen molar-refractivity contribution in [2.45, 2.75) is 19.1 Å². The highest BCUT2D eigenvalue weighted by molar-refractivity contribution is 9.10. The Hall–Kier alpha value is -0.880. The van der Waals surface area contributed by atoms with Gasteiger partial charge < -0.3 is 10.3 Å². The third kappa shape index (κ3) is 2.63. The molecule has 2 heterocycles. The molecule has 4 nitrogen and oxygen atoms in total. The summed E-state index contributed by atoms with van der Waals surface area (Å²) in [5.74, 6) is 1.10. The topological polar surface area (TPSA) is 47.1 Å². The summed E-state index contributed by atoms with van der Waals surface area (Å²) in [4.78, 5) is 6.76. The molecule has 1 atom stereocenters. The average Bonchev–Trinajstić information content (AvgIpc) is 2.91. The molecular weight excluding hydrogens is 340 g/mol. The van der Waals surface area contributed by atoms with Crippen LogP contribution < -0.4 is 5.73 Å². The fourth-order valence-electron chi connectivity index (χ4n) is 2.67. The van der Waals surface area contributed by atoms with Gasteiger partial charge in [0.05, 0.1) is 11.6 Å². The summed E-state index contributed by atoms with van der Waals surface area (Å²) in [6.45, 7) is 3.32. The SMILES string of the molecule is NCC(c1ccc(Br)c(Cl)c1)N1CCn2ccnc2C1. The number of nitrogens with two attached hydrogens (primary N) is 1. The van der Waals surface area contributed by atoms with Gasteiger partial charge in [0.1, 0.15) is 5.82 Å². The van der Waals surface area contributed by atoms with Gasteiger partial charge in [0.15, 0.2) is 0 Å². The Morgan fingerprint density at radius 3 is 3.00 bits per heavy atom. The molecule has 106 valence electrons. The molecule has 0 aliphatic carbocycles. The average molecular weight is 356 g/mol. The fourth-order valence-corrected chi connectivity index (χ4v) is 3.11. The maximum absolute atomic E-state index is 6.19. The molecule has 20 heavy (non-hydrogen) atoms. The smallest absolute Gasteiger partial charge is 0.122 e. The zero-order chi connectivity index (χ0) is 14.1. The minimum Gasteiger partial charge on any atom is -0.333 e. The molecule has 0 saturated carbocycles.